The molecule has 1 heterocycles. The van der Waals surface area contributed by atoms with Gasteiger partial charge in [-0.2, -0.15) is 0 Å². The molecule has 6 heteroatoms. The largest absolute Gasteiger partial charge is 0.496 e. The molecule has 0 atom stereocenters. The van der Waals surface area contributed by atoms with Gasteiger partial charge in [0.25, 0.3) is 5.88 Å². The average molecular weight is 422 g/mol. The Labute approximate surface area is 164 Å². The Balaban J connectivity index is 2.29. The number of benzene rings is 1. The summed E-state index contributed by atoms with van der Waals surface area (Å²) in [5, 5.41) is 0. The zero-order valence-corrected chi connectivity index (χ0v) is 17.8. The van der Waals surface area contributed by atoms with Crippen molar-refractivity contribution in [2.24, 2.45) is 0 Å². The van der Waals surface area contributed by atoms with Crippen LogP contribution in [0.4, 0.5) is 5.82 Å². The second kappa shape index (κ2) is 9.21. The van der Waals surface area contributed by atoms with Gasteiger partial charge in [-0.15, -0.1) is 0 Å². The van der Waals surface area contributed by atoms with Crippen molar-refractivity contribution in [2.45, 2.75) is 59.0 Å². The Hall–Kier alpha value is -1.82. The predicted octanol–water partition coefficient (Wildman–Crippen LogP) is 5.11. The summed E-state index contributed by atoms with van der Waals surface area (Å²) in [6.07, 6.45) is 2.46. The van der Waals surface area contributed by atoms with Crippen LogP contribution in [0.25, 0.3) is 0 Å². The van der Waals surface area contributed by atoms with Crippen molar-refractivity contribution in [1.82, 2.24) is 9.97 Å². The molecular formula is C20H28BrN3O2. The van der Waals surface area contributed by atoms with Gasteiger partial charge in [0.1, 0.15) is 16.5 Å². The van der Waals surface area contributed by atoms with Crippen LogP contribution in [0.5, 0.6) is 11.6 Å². The van der Waals surface area contributed by atoms with Crippen molar-refractivity contribution in [3.63, 3.8) is 0 Å². The first-order valence-electron chi connectivity index (χ1n) is 9.04. The second-order valence-electron chi connectivity index (χ2n) is 6.61. The lowest BCUT2D eigenvalue weighted by Crippen LogP contribution is -2.16. The van der Waals surface area contributed by atoms with E-state index in [1.54, 1.807) is 7.11 Å². The number of methoxy groups -OCH3 is 1. The van der Waals surface area contributed by atoms with E-state index >= 15 is 0 Å². The van der Waals surface area contributed by atoms with E-state index in [-0.39, 0.29) is 6.10 Å². The quantitative estimate of drug-likeness (QED) is 0.640. The van der Waals surface area contributed by atoms with E-state index in [4.69, 9.17) is 15.2 Å². The predicted molar refractivity (Wildman–Crippen MR) is 109 cm³/mol. The van der Waals surface area contributed by atoms with Gasteiger partial charge < -0.3 is 15.2 Å². The highest BCUT2D eigenvalue weighted by molar-refractivity contribution is 9.10. The molecule has 1 aromatic carbocycles. The lowest BCUT2D eigenvalue weighted by molar-refractivity contribution is 0.185. The molecule has 0 aliphatic carbocycles. The average Bonchev–Trinajstić information content (AvgIpc) is 2.63. The fourth-order valence-corrected chi connectivity index (χ4v) is 3.10. The zero-order chi connectivity index (χ0) is 19.3. The normalized spacial score (nSPS) is 11.2. The molecule has 5 nitrogen and oxygen atoms in total. The first kappa shape index (κ1) is 20.5. The minimum Gasteiger partial charge on any atom is -0.496 e. The standard InChI is InChI=1S/C20H28BrN3O2/c1-6-15(7-2)26-20-19(22)23-16(18(21)24-20)10-14-9-8-13(12(3)4)11-17(14)25-5/h8-9,11-12,15H,6-7,10H2,1-5H3,(H2,22,23). The molecule has 0 amide bonds. The number of hydrogen-bond donors (Lipinski definition) is 1. The Bertz CT molecular complexity index is 746. The van der Waals surface area contributed by atoms with Crippen molar-refractivity contribution in [3.8, 4) is 11.6 Å². The van der Waals surface area contributed by atoms with E-state index in [0.29, 0.717) is 28.6 Å². The van der Waals surface area contributed by atoms with Crippen LogP contribution in [0.3, 0.4) is 0 Å². The van der Waals surface area contributed by atoms with E-state index < -0.39 is 0 Å². The Morgan fingerprint density at radius 2 is 1.85 bits per heavy atom. The second-order valence-corrected chi connectivity index (χ2v) is 7.36. The maximum absolute atomic E-state index is 6.09. The molecule has 0 saturated heterocycles. The minimum atomic E-state index is 0.0908. The van der Waals surface area contributed by atoms with Crippen molar-refractivity contribution in [3.05, 3.63) is 39.6 Å². The summed E-state index contributed by atoms with van der Waals surface area (Å²) in [6, 6.07) is 6.28. The number of aromatic nitrogens is 2. The Morgan fingerprint density at radius 3 is 2.42 bits per heavy atom. The Morgan fingerprint density at radius 1 is 1.15 bits per heavy atom. The number of nitrogens with zero attached hydrogens (tertiary/aromatic N) is 2. The highest BCUT2D eigenvalue weighted by Gasteiger charge is 2.16. The molecule has 2 N–H and O–H groups in total. The van der Waals surface area contributed by atoms with Crippen LogP contribution in [0.1, 0.15) is 63.3 Å². The third-order valence-corrected chi connectivity index (χ3v) is 5.07. The summed E-state index contributed by atoms with van der Waals surface area (Å²) in [5.74, 6) is 1.99. The van der Waals surface area contributed by atoms with Crippen LogP contribution >= 0.6 is 15.9 Å². The third-order valence-electron chi connectivity index (χ3n) is 4.44. The number of anilines is 1. The van der Waals surface area contributed by atoms with Gasteiger partial charge >= 0.3 is 0 Å². The molecule has 0 aliphatic heterocycles. The van der Waals surface area contributed by atoms with Gasteiger partial charge in [0.15, 0.2) is 5.82 Å². The lowest BCUT2D eigenvalue weighted by Gasteiger charge is -2.17. The van der Waals surface area contributed by atoms with Crippen molar-refractivity contribution in [2.75, 3.05) is 12.8 Å². The molecule has 2 aromatic rings. The van der Waals surface area contributed by atoms with E-state index in [1.807, 2.05) is 0 Å². The summed E-state index contributed by atoms with van der Waals surface area (Å²) in [6.45, 7) is 8.48. The molecule has 2 rings (SSSR count). The molecule has 0 radical (unpaired) electrons. The van der Waals surface area contributed by atoms with Gasteiger partial charge in [0.05, 0.1) is 12.8 Å². The van der Waals surface area contributed by atoms with Gasteiger partial charge in [-0.25, -0.2) is 9.97 Å². The topological polar surface area (TPSA) is 70.3 Å². The van der Waals surface area contributed by atoms with Crippen LogP contribution in [-0.2, 0) is 6.42 Å². The summed E-state index contributed by atoms with van der Waals surface area (Å²) in [5.41, 5.74) is 9.13. The fraction of sp³-hybridized carbons (Fsp3) is 0.500. The Kier molecular flexibility index (Phi) is 7.26. The molecule has 0 fully saturated rings. The fourth-order valence-electron chi connectivity index (χ4n) is 2.71. The molecule has 26 heavy (non-hydrogen) atoms. The summed E-state index contributed by atoms with van der Waals surface area (Å²) >= 11 is 3.51. The molecule has 1 aromatic heterocycles. The molecule has 0 unspecified atom stereocenters. The van der Waals surface area contributed by atoms with Crippen molar-refractivity contribution >= 4 is 21.7 Å². The molecular weight excluding hydrogens is 394 g/mol. The molecule has 0 aliphatic rings. The monoisotopic (exact) mass is 421 g/mol. The maximum Gasteiger partial charge on any atom is 0.258 e. The van der Waals surface area contributed by atoms with Crippen molar-refractivity contribution < 1.29 is 9.47 Å². The number of ether oxygens (including phenoxy) is 2. The number of hydrogen-bond acceptors (Lipinski definition) is 5. The summed E-state index contributed by atoms with van der Waals surface area (Å²) in [4.78, 5) is 8.98. The van der Waals surface area contributed by atoms with E-state index in [0.717, 1.165) is 29.8 Å². The zero-order valence-electron chi connectivity index (χ0n) is 16.2. The molecule has 0 spiro atoms. The van der Waals surface area contributed by atoms with Crippen molar-refractivity contribution in [1.29, 1.82) is 0 Å². The van der Waals surface area contributed by atoms with Gasteiger partial charge in [0, 0.05) is 12.0 Å². The first-order chi connectivity index (χ1) is 12.4. The number of rotatable bonds is 8. The first-order valence-corrected chi connectivity index (χ1v) is 9.84. The van der Waals surface area contributed by atoms with E-state index in [1.165, 1.54) is 5.56 Å². The van der Waals surface area contributed by atoms with E-state index in [2.05, 4.69) is 71.8 Å². The van der Waals surface area contributed by atoms with Gasteiger partial charge in [-0.05, 0) is 46.3 Å². The minimum absolute atomic E-state index is 0.0908. The molecule has 142 valence electrons. The van der Waals surface area contributed by atoms with Crippen LogP contribution in [0.15, 0.2) is 22.8 Å². The summed E-state index contributed by atoms with van der Waals surface area (Å²) < 4.78 is 12.1. The highest BCUT2D eigenvalue weighted by atomic mass is 79.9. The van der Waals surface area contributed by atoms with Crippen LogP contribution in [0, 0.1) is 0 Å². The maximum atomic E-state index is 6.09. The third kappa shape index (κ3) is 4.87. The van der Waals surface area contributed by atoms with Crippen LogP contribution < -0.4 is 15.2 Å². The lowest BCUT2D eigenvalue weighted by atomic mass is 9.99. The van der Waals surface area contributed by atoms with Gasteiger partial charge in [-0.1, -0.05) is 39.8 Å². The smallest absolute Gasteiger partial charge is 0.258 e. The SMILES string of the molecule is CCC(CC)Oc1nc(Br)c(Cc2ccc(C(C)C)cc2OC)nc1N. The van der Waals surface area contributed by atoms with Crippen LogP contribution in [-0.4, -0.2) is 23.2 Å². The van der Waals surface area contributed by atoms with Gasteiger partial charge in [0.2, 0.25) is 0 Å². The highest BCUT2D eigenvalue weighted by Crippen LogP contribution is 2.30. The summed E-state index contributed by atoms with van der Waals surface area (Å²) in [7, 11) is 1.69. The number of halogens is 1. The molecule has 0 saturated carbocycles. The van der Waals surface area contributed by atoms with Crippen LogP contribution in [0.2, 0.25) is 0 Å². The number of nitrogen functional groups attached to an aromatic ring is 1. The van der Waals surface area contributed by atoms with Gasteiger partial charge in [-0.3, -0.25) is 0 Å². The molecule has 0 bridgehead atoms. The van der Waals surface area contributed by atoms with E-state index in [9.17, 15) is 0 Å². The number of nitrogens with two attached hydrogens (primary N) is 1.